The summed E-state index contributed by atoms with van der Waals surface area (Å²) in [5.74, 6) is 1.02. The van der Waals surface area contributed by atoms with Crippen LogP contribution in [0.25, 0.3) is 17.0 Å². The Morgan fingerprint density at radius 1 is 1.15 bits per heavy atom. The number of aromatic nitrogens is 1. The molecule has 0 saturated carbocycles. The van der Waals surface area contributed by atoms with Crippen molar-refractivity contribution in [2.75, 3.05) is 0 Å². The first kappa shape index (κ1) is 17.5. The molecule has 0 atom stereocenters. The summed E-state index contributed by atoms with van der Waals surface area (Å²) in [6.07, 6.45) is 1.18. The monoisotopic (exact) mass is 349 g/mol. The Labute approximate surface area is 151 Å². The number of aryl methyl sites for hydroxylation is 1. The molecule has 3 rings (SSSR count). The topological polar surface area (TPSA) is 72.6 Å². The van der Waals surface area contributed by atoms with E-state index in [1.807, 2.05) is 61.5 Å². The summed E-state index contributed by atoms with van der Waals surface area (Å²) in [6, 6.07) is 17.0. The number of allylic oxidation sites excluding steroid dienone is 1. The number of carboxylic acid groups (broad SMARTS) is 1. The van der Waals surface area contributed by atoms with Crippen LogP contribution in [-0.2, 0) is 11.4 Å². The van der Waals surface area contributed by atoms with Crippen LogP contribution in [0, 0.1) is 6.92 Å². The average molecular weight is 349 g/mol. The Bertz CT molecular complexity index is 924. The van der Waals surface area contributed by atoms with Crippen LogP contribution in [-0.4, -0.2) is 16.1 Å². The summed E-state index contributed by atoms with van der Waals surface area (Å²) in [5, 5.41) is 8.80. The summed E-state index contributed by atoms with van der Waals surface area (Å²) >= 11 is 0. The smallest absolute Gasteiger partial charge is 0.328 e. The molecular formula is C21H19NO4. The first-order valence-electron chi connectivity index (χ1n) is 8.19. The molecule has 1 aromatic heterocycles. The number of carboxylic acids is 1. The number of ether oxygens (including phenoxy) is 1. The number of hydrogen-bond acceptors (Lipinski definition) is 4. The highest BCUT2D eigenvalue weighted by atomic mass is 16.5. The van der Waals surface area contributed by atoms with Gasteiger partial charge < -0.3 is 14.3 Å². The summed E-state index contributed by atoms with van der Waals surface area (Å²) in [6.45, 7) is 3.92. The number of oxazole rings is 1. The van der Waals surface area contributed by atoms with Crippen molar-refractivity contribution in [2.24, 2.45) is 0 Å². The molecule has 132 valence electrons. The third-order valence-electron chi connectivity index (χ3n) is 3.94. The minimum atomic E-state index is -0.960. The minimum absolute atomic E-state index is 0.297. The Morgan fingerprint density at radius 2 is 1.85 bits per heavy atom. The van der Waals surface area contributed by atoms with Crippen molar-refractivity contribution in [1.82, 2.24) is 4.98 Å². The van der Waals surface area contributed by atoms with E-state index in [0.29, 0.717) is 23.8 Å². The van der Waals surface area contributed by atoms with E-state index in [-0.39, 0.29) is 0 Å². The van der Waals surface area contributed by atoms with Gasteiger partial charge in [0.25, 0.3) is 0 Å². The molecule has 0 saturated heterocycles. The van der Waals surface area contributed by atoms with Crippen LogP contribution in [0.3, 0.4) is 0 Å². The fraction of sp³-hybridized carbons (Fsp3) is 0.143. The zero-order chi connectivity index (χ0) is 18.5. The molecule has 5 nitrogen and oxygen atoms in total. The third kappa shape index (κ3) is 4.19. The lowest BCUT2D eigenvalue weighted by molar-refractivity contribution is -0.131. The molecule has 5 heteroatoms. The number of aliphatic carboxylic acids is 1. The number of carbonyl (C=O) groups is 1. The first-order valence-corrected chi connectivity index (χ1v) is 8.19. The fourth-order valence-corrected chi connectivity index (χ4v) is 2.50. The largest absolute Gasteiger partial charge is 0.487 e. The molecule has 0 radical (unpaired) electrons. The van der Waals surface area contributed by atoms with Crippen molar-refractivity contribution in [3.05, 3.63) is 77.7 Å². The van der Waals surface area contributed by atoms with Crippen molar-refractivity contribution < 1.29 is 19.1 Å². The van der Waals surface area contributed by atoms with Gasteiger partial charge in [-0.15, -0.1) is 0 Å². The van der Waals surface area contributed by atoms with Crippen LogP contribution in [0.15, 0.2) is 65.1 Å². The predicted molar refractivity (Wildman–Crippen MR) is 98.7 cm³/mol. The molecule has 0 aliphatic heterocycles. The van der Waals surface area contributed by atoms with E-state index in [0.717, 1.165) is 22.6 Å². The van der Waals surface area contributed by atoms with Crippen molar-refractivity contribution in [2.45, 2.75) is 20.5 Å². The summed E-state index contributed by atoms with van der Waals surface area (Å²) in [5.41, 5.74) is 3.19. The van der Waals surface area contributed by atoms with Crippen LogP contribution in [0.5, 0.6) is 5.75 Å². The van der Waals surface area contributed by atoms with Gasteiger partial charge in [0.2, 0.25) is 5.89 Å². The summed E-state index contributed by atoms with van der Waals surface area (Å²) in [4.78, 5) is 15.2. The van der Waals surface area contributed by atoms with Gasteiger partial charge >= 0.3 is 5.97 Å². The van der Waals surface area contributed by atoms with Crippen LogP contribution < -0.4 is 4.74 Å². The van der Waals surface area contributed by atoms with E-state index in [4.69, 9.17) is 14.3 Å². The Hall–Kier alpha value is -3.34. The maximum atomic E-state index is 10.7. The number of rotatable bonds is 6. The molecule has 0 amide bonds. The fourth-order valence-electron chi connectivity index (χ4n) is 2.50. The highest BCUT2D eigenvalue weighted by Gasteiger charge is 2.11. The molecule has 1 N–H and O–H groups in total. The molecule has 0 spiro atoms. The van der Waals surface area contributed by atoms with Gasteiger partial charge in [0.15, 0.2) is 0 Å². The van der Waals surface area contributed by atoms with Crippen molar-refractivity contribution in [3.63, 3.8) is 0 Å². The van der Waals surface area contributed by atoms with Gasteiger partial charge in [-0.1, -0.05) is 30.3 Å². The molecule has 0 unspecified atom stereocenters. The maximum Gasteiger partial charge on any atom is 0.328 e. The van der Waals surface area contributed by atoms with Crippen molar-refractivity contribution in [1.29, 1.82) is 0 Å². The first-order chi connectivity index (χ1) is 12.5. The second-order valence-corrected chi connectivity index (χ2v) is 5.87. The highest BCUT2D eigenvalue weighted by Crippen LogP contribution is 2.23. The number of hydrogen-bond donors (Lipinski definition) is 1. The van der Waals surface area contributed by atoms with E-state index in [2.05, 4.69) is 4.98 Å². The zero-order valence-electron chi connectivity index (χ0n) is 14.6. The van der Waals surface area contributed by atoms with Gasteiger partial charge in [-0.3, -0.25) is 0 Å². The van der Waals surface area contributed by atoms with Crippen molar-refractivity contribution >= 4 is 11.5 Å². The standard InChI is InChI=1S/C21H19NO4/c1-14(12-20(23)24)16-8-10-18(11-9-16)25-13-19-15(2)26-21(22-19)17-6-4-3-5-7-17/h3-12H,13H2,1-2H3,(H,23,24)/b14-12+. The van der Waals surface area contributed by atoms with Crippen LogP contribution in [0.1, 0.15) is 23.9 Å². The molecule has 0 aliphatic carbocycles. The second kappa shape index (κ2) is 7.70. The lowest BCUT2D eigenvalue weighted by atomic mass is 10.1. The van der Waals surface area contributed by atoms with Gasteiger partial charge in [-0.25, -0.2) is 9.78 Å². The average Bonchev–Trinajstić information content (AvgIpc) is 3.01. The van der Waals surface area contributed by atoms with Crippen LogP contribution in [0.4, 0.5) is 0 Å². The quantitative estimate of drug-likeness (QED) is 0.652. The Kier molecular flexibility index (Phi) is 5.17. The van der Waals surface area contributed by atoms with E-state index in [9.17, 15) is 4.79 Å². The Balaban J connectivity index is 1.68. The summed E-state index contributed by atoms with van der Waals surface area (Å²) in [7, 11) is 0. The van der Waals surface area contributed by atoms with Gasteiger partial charge in [0, 0.05) is 11.6 Å². The predicted octanol–water partition coefficient (Wildman–Crippen LogP) is 4.72. The zero-order valence-corrected chi connectivity index (χ0v) is 14.6. The second-order valence-electron chi connectivity index (χ2n) is 5.87. The molecule has 3 aromatic rings. The molecule has 0 bridgehead atoms. The number of nitrogens with zero attached hydrogens (tertiary/aromatic N) is 1. The van der Waals surface area contributed by atoms with Crippen molar-refractivity contribution in [3.8, 4) is 17.2 Å². The number of benzene rings is 2. The third-order valence-corrected chi connectivity index (χ3v) is 3.94. The van der Waals surface area contributed by atoms with Gasteiger partial charge in [-0.05, 0) is 49.2 Å². The van der Waals surface area contributed by atoms with Gasteiger partial charge in [-0.2, -0.15) is 0 Å². The maximum absolute atomic E-state index is 10.7. The van der Waals surface area contributed by atoms with Crippen LogP contribution in [0.2, 0.25) is 0 Å². The lowest BCUT2D eigenvalue weighted by Crippen LogP contribution is -1.98. The Morgan fingerprint density at radius 3 is 2.50 bits per heavy atom. The molecular weight excluding hydrogens is 330 g/mol. The molecule has 26 heavy (non-hydrogen) atoms. The summed E-state index contributed by atoms with van der Waals surface area (Å²) < 4.78 is 11.5. The molecule has 0 fully saturated rings. The minimum Gasteiger partial charge on any atom is -0.487 e. The van der Waals surface area contributed by atoms with Gasteiger partial charge in [0.1, 0.15) is 23.8 Å². The van der Waals surface area contributed by atoms with E-state index < -0.39 is 5.97 Å². The van der Waals surface area contributed by atoms with Gasteiger partial charge in [0.05, 0.1) is 0 Å². The normalized spacial score (nSPS) is 11.4. The van der Waals surface area contributed by atoms with E-state index in [1.54, 1.807) is 6.92 Å². The van der Waals surface area contributed by atoms with E-state index in [1.165, 1.54) is 6.08 Å². The highest BCUT2D eigenvalue weighted by molar-refractivity contribution is 5.89. The lowest BCUT2D eigenvalue weighted by Gasteiger charge is -2.06. The SMILES string of the molecule is C/C(=C\C(=O)O)c1ccc(OCc2nc(-c3ccccc3)oc2C)cc1. The van der Waals surface area contributed by atoms with Crippen LogP contribution >= 0.6 is 0 Å². The molecule has 0 aliphatic rings. The molecule has 1 heterocycles. The molecule has 2 aromatic carbocycles. The van der Waals surface area contributed by atoms with E-state index >= 15 is 0 Å².